The molecule has 7 nitrogen and oxygen atoms in total. The van der Waals surface area contributed by atoms with Crippen LogP contribution in [0.1, 0.15) is 44.0 Å². The van der Waals surface area contributed by atoms with E-state index in [1.807, 2.05) is 63.2 Å². The average Bonchev–Trinajstić information content (AvgIpc) is 3.14. The predicted octanol–water partition coefficient (Wildman–Crippen LogP) is 3.43. The van der Waals surface area contributed by atoms with E-state index in [2.05, 4.69) is 16.1 Å². The minimum absolute atomic E-state index is 0.0449. The van der Waals surface area contributed by atoms with Crippen molar-refractivity contribution in [1.82, 2.24) is 19.7 Å². The Bertz CT molecular complexity index is 1090. The van der Waals surface area contributed by atoms with Gasteiger partial charge in [0, 0.05) is 49.7 Å². The molecule has 1 aliphatic heterocycles. The standard InChI is InChI=1S/C24H32N6O/c1-5-30(16(2)3)24(31)19-11-7-6-10-18(19)20-13-22(29-12-8-9-17(25)15-29)27-23-21(20)14-26-28(23)4/h6-7,10-11,13-14,16-17H,5,8-9,12,15,25H2,1-4H3. The van der Waals surface area contributed by atoms with Crippen molar-refractivity contribution in [2.24, 2.45) is 12.8 Å². The summed E-state index contributed by atoms with van der Waals surface area (Å²) in [5.41, 5.74) is 9.65. The first-order valence-electron chi connectivity index (χ1n) is 11.1. The Morgan fingerprint density at radius 3 is 2.77 bits per heavy atom. The number of anilines is 1. The molecule has 3 aromatic rings. The van der Waals surface area contributed by atoms with Gasteiger partial charge in [-0.3, -0.25) is 9.48 Å². The van der Waals surface area contributed by atoms with Gasteiger partial charge in [-0.1, -0.05) is 18.2 Å². The van der Waals surface area contributed by atoms with Crippen LogP contribution in [0.4, 0.5) is 5.82 Å². The number of pyridine rings is 1. The van der Waals surface area contributed by atoms with E-state index in [-0.39, 0.29) is 18.0 Å². The van der Waals surface area contributed by atoms with Crippen LogP contribution in [0.2, 0.25) is 0 Å². The van der Waals surface area contributed by atoms with Crippen LogP contribution >= 0.6 is 0 Å². The molecule has 164 valence electrons. The SMILES string of the molecule is CCN(C(=O)c1ccccc1-c1cc(N2CCCC(N)C2)nc2c1cnn2C)C(C)C. The van der Waals surface area contributed by atoms with Gasteiger partial charge in [0.1, 0.15) is 5.82 Å². The third-order valence-electron chi connectivity index (χ3n) is 6.15. The summed E-state index contributed by atoms with van der Waals surface area (Å²) in [6.45, 7) is 8.50. The number of nitrogens with zero attached hydrogens (tertiary/aromatic N) is 5. The summed E-state index contributed by atoms with van der Waals surface area (Å²) in [6.07, 6.45) is 3.93. The zero-order chi connectivity index (χ0) is 22.1. The van der Waals surface area contributed by atoms with Crippen LogP contribution in [0, 0.1) is 0 Å². The molecule has 0 saturated carbocycles. The number of carbonyl (C=O) groups excluding carboxylic acids is 1. The number of hydrogen-bond acceptors (Lipinski definition) is 5. The van der Waals surface area contributed by atoms with Crippen LogP contribution in [0.5, 0.6) is 0 Å². The number of nitrogens with two attached hydrogens (primary N) is 1. The molecule has 1 unspecified atom stereocenters. The highest BCUT2D eigenvalue weighted by atomic mass is 16.2. The molecule has 2 N–H and O–H groups in total. The molecule has 2 aromatic heterocycles. The second-order valence-electron chi connectivity index (χ2n) is 8.61. The Morgan fingerprint density at radius 2 is 2.06 bits per heavy atom. The fourth-order valence-corrected chi connectivity index (χ4v) is 4.51. The number of carbonyl (C=O) groups is 1. The van der Waals surface area contributed by atoms with Crippen LogP contribution in [0.25, 0.3) is 22.2 Å². The minimum atomic E-state index is 0.0449. The fraction of sp³-hybridized carbons (Fsp3) is 0.458. The Hall–Kier alpha value is -2.93. The average molecular weight is 421 g/mol. The number of aromatic nitrogens is 3. The predicted molar refractivity (Wildman–Crippen MR) is 125 cm³/mol. The number of rotatable bonds is 5. The summed E-state index contributed by atoms with van der Waals surface area (Å²) in [6, 6.07) is 10.2. The van der Waals surface area contributed by atoms with Gasteiger partial charge in [0.2, 0.25) is 0 Å². The van der Waals surface area contributed by atoms with E-state index >= 15 is 0 Å². The molecule has 0 bridgehead atoms. The van der Waals surface area contributed by atoms with E-state index in [0.29, 0.717) is 12.1 Å². The highest BCUT2D eigenvalue weighted by Gasteiger charge is 2.24. The van der Waals surface area contributed by atoms with E-state index in [1.54, 1.807) is 4.68 Å². The Morgan fingerprint density at radius 1 is 1.29 bits per heavy atom. The number of hydrogen-bond donors (Lipinski definition) is 1. The van der Waals surface area contributed by atoms with Crippen molar-refractivity contribution in [1.29, 1.82) is 0 Å². The molecule has 1 amide bonds. The lowest BCUT2D eigenvalue weighted by molar-refractivity contribution is 0.0717. The maximum Gasteiger partial charge on any atom is 0.254 e. The zero-order valence-corrected chi connectivity index (χ0v) is 18.9. The molecular weight excluding hydrogens is 388 g/mol. The summed E-state index contributed by atoms with van der Waals surface area (Å²) in [5, 5.41) is 5.40. The van der Waals surface area contributed by atoms with Crippen molar-refractivity contribution in [3.8, 4) is 11.1 Å². The quantitative estimate of drug-likeness (QED) is 0.684. The first-order valence-corrected chi connectivity index (χ1v) is 11.1. The molecule has 4 rings (SSSR count). The smallest absolute Gasteiger partial charge is 0.254 e. The molecule has 1 aliphatic rings. The molecule has 0 aliphatic carbocycles. The normalized spacial score (nSPS) is 16.8. The largest absolute Gasteiger partial charge is 0.355 e. The summed E-state index contributed by atoms with van der Waals surface area (Å²) < 4.78 is 1.79. The fourth-order valence-electron chi connectivity index (χ4n) is 4.51. The first-order chi connectivity index (χ1) is 14.9. The minimum Gasteiger partial charge on any atom is -0.355 e. The third-order valence-corrected chi connectivity index (χ3v) is 6.15. The lowest BCUT2D eigenvalue weighted by atomic mass is 9.96. The van der Waals surface area contributed by atoms with Gasteiger partial charge < -0.3 is 15.5 Å². The lowest BCUT2D eigenvalue weighted by Crippen LogP contribution is -2.43. The second-order valence-corrected chi connectivity index (χ2v) is 8.61. The molecular formula is C24H32N6O. The van der Waals surface area contributed by atoms with Crippen molar-refractivity contribution >= 4 is 22.8 Å². The summed E-state index contributed by atoms with van der Waals surface area (Å²) >= 11 is 0. The molecule has 1 atom stereocenters. The van der Waals surface area contributed by atoms with Gasteiger partial charge in [0.15, 0.2) is 5.65 Å². The Kier molecular flexibility index (Phi) is 5.96. The van der Waals surface area contributed by atoms with Gasteiger partial charge in [-0.15, -0.1) is 0 Å². The Labute approximate surface area is 183 Å². The number of aryl methyl sites for hydroxylation is 1. The molecule has 1 aromatic carbocycles. The van der Waals surface area contributed by atoms with Crippen molar-refractivity contribution in [2.45, 2.75) is 45.7 Å². The van der Waals surface area contributed by atoms with Crippen molar-refractivity contribution in [3.63, 3.8) is 0 Å². The monoisotopic (exact) mass is 420 g/mol. The summed E-state index contributed by atoms with van der Waals surface area (Å²) in [5.74, 6) is 0.934. The maximum atomic E-state index is 13.4. The molecule has 1 fully saturated rings. The van der Waals surface area contributed by atoms with Gasteiger partial charge in [-0.2, -0.15) is 5.10 Å². The number of fused-ring (bicyclic) bond motifs is 1. The highest BCUT2D eigenvalue weighted by molar-refractivity contribution is 6.05. The third kappa shape index (κ3) is 4.02. The van der Waals surface area contributed by atoms with E-state index in [9.17, 15) is 4.79 Å². The van der Waals surface area contributed by atoms with Gasteiger partial charge >= 0.3 is 0 Å². The van der Waals surface area contributed by atoms with Crippen LogP contribution in [-0.2, 0) is 7.05 Å². The lowest BCUT2D eigenvalue weighted by Gasteiger charge is -2.32. The highest BCUT2D eigenvalue weighted by Crippen LogP contribution is 2.34. The molecule has 0 spiro atoms. The number of benzene rings is 1. The van der Waals surface area contributed by atoms with Gasteiger partial charge in [-0.05, 0) is 56.9 Å². The molecule has 7 heteroatoms. The zero-order valence-electron chi connectivity index (χ0n) is 18.9. The number of amides is 1. The van der Waals surface area contributed by atoms with E-state index in [1.165, 1.54) is 0 Å². The Balaban J connectivity index is 1.88. The topological polar surface area (TPSA) is 80.3 Å². The molecule has 3 heterocycles. The first kappa shape index (κ1) is 21.3. The van der Waals surface area contributed by atoms with Crippen molar-refractivity contribution in [3.05, 3.63) is 42.1 Å². The summed E-state index contributed by atoms with van der Waals surface area (Å²) in [7, 11) is 1.90. The van der Waals surface area contributed by atoms with Crippen LogP contribution < -0.4 is 10.6 Å². The van der Waals surface area contributed by atoms with Gasteiger partial charge in [0.25, 0.3) is 5.91 Å². The van der Waals surface area contributed by atoms with Gasteiger partial charge in [0.05, 0.1) is 6.20 Å². The van der Waals surface area contributed by atoms with Crippen molar-refractivity contribution < 1.29 is 4.79 Å². The van der Waals surface area contributed by atoms with Gasteiger partial charge in [-0.25, -0.2) is 4.98 Å². The second kappa shape index (κ2) is 8.67. The van der Waals surface area contributed by atoms with Crippen LogP contribution in [-0.4, -0.2) is 57.3 Å². The number of piperidine rings is 1. The van der Waals surface area contributed by atoms with Crippen LogP contribution in [0.3, 0.4) is 0 Å². The summed E-state index contributed by atoms with van der Waals surface area (Å²) in [4.78, 5) is 22.5. The van der Waals surface area contributed by atoms with Crippen LogP contribution in [0.15, 0.2) is 36.5 Å². The molecule has 0 radical (unpaired) electrons. The maximum absolute atomic E-state index is 13.4. The van der Waals surface area contributed by atoms with E-state index in [0.717, 1.165) is 53.9 Å². The molecule has 1 saturated heterocycles. The van der Waals surface area contributed by atoms with E-state index < -0.39 is 0 Å². The van der Waals surface area contributed by atoms with E-state index in [4.69, 9.17) is 10.7 Å². The molecule has 31 heavy (non-hydrogen) atoms. The van der Waals surface area contributed by atoms with Crippen molar-refractivity contribution in [2.75, 3.05) is 24.5 Å².